The quantitative estimate of drug-likeness (QED) is 0.298. The zero-order valence-electron chi connectivity index (χ0n) is 15.4. The van der Waals surface area contributed by atoms with Crippen molar-refractivity contribution in [2.45, 2.75) is 0 Å². The highest BCUT2D eigenvalue weighted by Crippen LogP contribution is 2.46. The fourth-order valence-corrected chi connectivity index (χ4v) is 3.21. The van der Waals surface area contributed by atoms with Gasteiger partial charge in [0.1, 0.15) is 17.1 Å². The lowest BCUT2D eigenvalue weighted by Gasteiger charge is -2.13. The lowest BCUT2D eigenvalue weighted by molar-refractivity contribution is 0.104. The molecule has 1 heterocycles. The van der Waals surface area contributed by atoms with Crippen LogP contribution < -0.4 is 14.0 Å². The van der Waals surface area contributed by atoms with Gasteiger partial charge in [0.25, 0.3) is 0 Å². The van der Waals surface area contributed by atoms with Gasteiger partial charge in [-0.25, -0.2) is 4.57 Å². The maximum Gasteiger partial charge on any atom is 0.524 e. The number of phenolic OH excluding ortho intramolecular Hbond substituents is 1. The molecule has 0 spiro atoms. The van der Waals surface area contributed by atoms with Gasteiger partial charge in [-0.1, -0.05) is 18.2 Å². The predicted molar refractivity (Wildman–Crippen MR) is 103 cm³/mol. The Morgan fingerprint density at radius 3 is 2.52 bits per heavy atom. The SMILES string of the molecule is COc1c(C(=O)/C=C/c2cccc(OP(=O)(O)O)c2)c(O)c(OC)c2occc12. The van der Waals surface area contributed by atoms with Crippen LogP contribution in [0.5, 0.6) is 23.0 Å². The summed E-state index contributed by atoms with van der Waals surface area (Å²) in [6.45, 7) is 0. The van der Waals surface area contributed by atoms with E-state index in [2.05, 4.69) is 4.52 Å². The summed E-state index contributed by atoms with van der Waals surface area (Å²) >= 11 is 0. The summed E-state index contributed by atoms with van der Waals surface area (Å²) in [7, 11) is -2.01. The Hall–Kier alpha value is -3.26. The number of methoxy groups -OCH3 is 2. The van der Waals surface area contributed by atoms with E-state index in [-0.39, 0.29) is 28.4 Å². The summed E-state index contributed by atoms with van der Waals surface area (Å²) in [6.07, 6.45) is 3.96. The zero-order chi connectivity index (χ0) is 21.2. The molecular formula is C19H17O9P. The second kappa shape index (κ2) is 8.00. The first-order valence-electron chi connectivity index (χ1n) is 8.17. The lowest BCUT2D eigenvalue weighted by Crippen LogP contribution is -2.02. The van der Waals surface area contributed by atoms with Crippen LogP contribution in [0.1, 0.15) is 15.9 Å². The molecule has 1 aromatic heterocycles. The third kappa shape index (κ3) is 4.27. The standard InChI is InChI=1S/C19H17O9P/c1-25-17-13-8-9-27-18(13)19(26-2)16(21)15(17)14(20)7-6-11-4-3-5-12(10-11)28-29(22,23)24/h3-10,21H,1-2H3,(H2,22,23,24)/b7-6+. The number of ether oxygens (including phenoxy) is 2. The number of fused-ring (bicyclic) bond motifs is 1. The number of hydrogen-bond donors (Lipinski definition) is 3. The van der Waals surface area contributed by atoms with Crippen molar-refractivity contribution < 1.29 is 42.7 Å². The molecule has 10 heteroatoms. The Bertz CT molecular complexity index is 1140. The molecule has 0 saturated carbocycles. The molecule has 0 aliphatic rings. The average molecular weight is 420 g/mol. The number of furan rings is 1. The largest absolute Gasteiger partial charge is 0.524 e. The van der Waals surface area contributed by atoms with Crippen molar-refractivity contribution in [3.05, 3.63) is 53.8 Å². The average Bonchev–Trinajstić information content (AvgIpc) is 3.13. The summed E-state index contributed by atoms with van der Waals surface area (Å²) in [6, 6.07) is 7.41. The second-order valence-electron chi connectivity index (χ2n) is 5.81. The Morgan fingerprint density at radius 1 is 1.14 bits per heavy atom. The van der Waals surface area contributed by atoms with E-state index >= 15 is 0 Å². The minimum atomic E-state index is -4.70. The van der Waals surface area contributed by atoms with Gasteiger partial charge in [-0.2, -0.15) is 0 Å². The molecule has 0 aliphatic heterocycles. The van der Waals surface area contributed by atoms with Crippen molar-refractivity contribution in [3.8, 4) is 23.0 Å². The lowest BCUT2D eigenvalue weighted by atomic mass is 10.0. The maximum atomic E-state index is 12.8. The first-order chi connectivity index (χ1) is 13.7. The fourth-order valence-electron chi connectivity index (χ4n) is 2.82. The third-order valence-corrected chi connectivity index (χ3v) is 4.41. The molecule has 0 amide bonds. The number of rotatable bonds is 7. The van der Waals surface area contributed by atoms with Crippen molar-refractivity contribution in [2.75, 3.05) is 14.2 Å². The number of aromatic hydroxyl groups is 1. The summed E-state index contributed by atoms with van der Waals surface area (Å²) in [5.41, 5.74) is 0.570. The zero-order valence-corrected chi connectivity index (χ0v) is 16.3. The highest BCUT2D eigenvalue weighted by atomic mass is 31.2. The molecule has 3 N–H and O–H groups in total. The van der Waals surface area contributed by atoms with E-state index in [1.54, 1.807) is 12.1 Å². The Kier molecular flexibility index (Phi) is 5.65. The number of phosphoric ester groups is 1. The van der Waals surface area contributed by atoms with Crippen molar-refractivity contribution in [1.29, 1.82) is 0 Å². The van der Waals surface area contributed by atoms with Gasteiger partial charge >= 0.3 is 7.82 Å². The van der Waals surface area contributed by atoms with Crippen LogP contribution in [-0.2, 0) is 4.57 Å². The molecular weight excluding hydrogens is 403 g/mol. The Balaban J connectivity index is 1.99. The molecule has 9 nitrogen and oxygen atoms in total. The summed E-state index contributed by atoms with van der Waals surface area (Å²) < 4.78 is 31.3. The third-order valence-electron chi connectivity index (χ3n) is 3.96. The number of ketones is 1. The summed E-state index contributed by atoms with van der Waals surface area (Å²) in [5.74, 6) is -0.947. The highest BCUT2D eigenvalue weighted by Gasteiger charge is 2.26. The van der Waals surface area contributed by atoms with E-state index in [9.17, 15) is 14.5 Å². The van der Waals surface area contributed by atoms with Crippen molar-refractivity contribution in [3.63, 3.8) is 0 Å². The topological polar surface area (TPSA) is 136 Å². The molecule has 0 saturated heterocycles. The minimum Gasteiger partial charge on any atom is -0.504 e. The van der Waals surface area contributed by atoms with Crippen molar-refractivity contribution >= 4 is 30.7 Å². The molecule has 0 unspecified atom stereocenters. The molecule has 3 aromatic rings. The van der Waals surface area contributed by atoms with Crippen LogP contribution >= 0.6 is 7.82 Å². The first kappa shape index (κ1) is 20.5. The van der Waals surface area contributed by atoms with Gasteiger partial charge in [0.05, 0.1) is 25.9 Å². The van der Waals surface area contributed by atoms with Crippen LogP contribution in [0.2, 0.25) is 0 Å². The number of allylic oxidation sites excluding steroid dienone is 1. The number of carbonyl (C=O) groups is 1. The van der Waals surface area contributed by atoms with Gasteiger partial charge in [-0.15, -0.1) is 0 Å². The maximum absolute atomic E-state index is 12.8. The molecule has 152 valence electrons. The van der Waals surface area contributed by atoms with Crippen molar-refractivity contribution in [2.24, 2.45) is 0 Å². The number of phosphoric acid groups is 1. The number of hydrogen-bond acceptors (Lipinski definition) is 7. The first-order valence-corrected chi connectivity index (χ1v) is 9.70. The molecule has 0 aliphatic carbocycles. The molecule has 0 atom stereocenters. The van der Waals surface area contributed by atoms with Crippen LogP contribution in [0.15, 0.2) is 47.1 Å². The minimum absolute atomic E-state index is 0.000378. The van der Waals surface area contributed by atoms with E-state index < -0.39 is 19.4 Å². The number of phenols is 1. The number of benzene rings is 2. The fraction of sp³-hybridized carbons (Fsp3) is 0.105. The molecule has 0 radical (unpaired) electrons. The molecule has 29 heavy (non-hydrogen) atoms. The van der Waals surface area contributed by atoms with Gasteiger partial charge in [-0.3, -0.25) is 14.6 Å². The van der Waals surface area contributed by atoms with E-state index in [1.165, 1.54) is 50.8 Å². The van der Waals surface area contributed by atoms with E-state index in [1.807, 2.05) is 0 Å². The van der Waals surface area contributed by atoms with E-state index in [0.29, 0.717) is 10.9 Å². The van der Waals surface area contributed by atoms with Gasteiger partial charge in [0.15, 0.2) is 17.1 Å². The summed E-state index contributed by atoms with van der Waals surface area (Å²) in [5, 5.41) is 11.0. The Labute approximate surface area is 165 Å². The van der Waals surface area contributed by atoms with Crippen LogP contribution in [0.4, 0.5) is 0 Å². The number of carbonyl (C=O) groups excluding carboxylic acids is 1. The monoisotopic (exact) mass is 420 g/mol. The molecule has 2 aromatic carbocycles. The van der Waals surface area contributed by atoms with Crippen molar-refractivity contribution in [1.82, 2.24) is 0 Å². The van der Waals surface area contributed by atoms with E-state index in [0.717, 1.165) is 0 Å². The summed E-state index contributed by atoms with van der Waals surface area (Å²) in [4.78, 5) is 30.6. The van der Waals surface area contributed by atoms with Gasteiger partial charge < -0.3 is 23.5 Å². The second-order valence-corrected chi connectivity index (χ2v) is 6.97. The van der Waals surface area contributed by atoms with Crippen LogP contribution in [0.25, 0.3) is 17.0 Å². The van der Waals surface area contributed by atoms with Crippen LogP contribution in [-0.4, -0.2) is 34.9 Å². The normalized spacial score (nSPS) is 11.7. The van der Waals surface area contributed by atoms with Gasteiger partial charge in [-0.05, 0) is 29.8 Å². The molecule has 0 bridgehead atoms. The van der Waals surface area contributed by atoms with Gasteiger partial charge in [0, 0.05) is 0 Å². The van der Waals surface area contributed by atoms with Gasteiger partial charge in [0.2, 0.25) is 5.75 Å². The van der Waals surface area contributed by atoms with Crippen LogP contribution in [0, 0.1) is 0 Å². The highest BCUT2D eigenvalue weighted by molar-refractivity contribution is 7.46. The Morgan fingerprint density at radius 2 is 1.86 bits per heavy atom. The predicted octanol–water partition coefficient (Wildman–Crippen LogP) is 3.52. The smallest absolute Gasteiger partial charge is 0.504 e. The molecule has 3 rings (SSSR count). The van der Waals surface area contributed by atoms with E-state index in [4.69, 9.17) is 23.7 Å². The molecule has 0 fully saturated rings. The van der Waals surface area contributed by atoms with Crippen LogP contribution in [0.3, 0.4) is 0 Å².